The van der Waals surface area contributed by atoms with E-state index in [0.717, 1.165) is 15.0 Å². The molecule has 0 fully saturated rings. The van der Waals surface area contributed by atoms with Gasteiger partial charge in [0.05, 0.1) is 10.7 Å². The minimum atomic E-state index is -0.509. The molecule has 0 radical (unpaired) electrons. The Morgan fingerprint density at radius 3 is 2.94 bits per heavy atom. The molecule has 2 aromatic rings. The molecule has 0 aliphatic rings. The molecule has 5 heteroatoms. The van der Waals surface area contributed by atoms with Crippen molar-refractivity contribution in [2.24, 2.45) is 0 Å². The second-order valence-electron chi connectivity index (χ2n) is 3.54. The summed E-state index contributed by atoms with van der Waals surface area (Å²) < 4.78 is 0.954. The Bertz CT molecular complexity index is 489. The van der Waals surface area contributed by atoms with Gasteiger partial charge in [-0.25, -0.2) is 0 Å². The molecule has 0 aliphatic carbocycles. The first-order chi connectivity index (χ1) is 8.16. The molecule has 1 heterocycles. The topological polar surface area (TPSA) is 32.3 Å². The Hall–Kier alpha value is -0.550. The van der Waals surface area contributed by atoms with Crippen LogP contribution in [0.1, 0.15) is 11.0 Å². The summed E-state index contributed by atoms with van der Waals surface area (Å²) in [5, 5.41) is 15.7. The Morgan fingerprint density at radius 2 is 2.24 bits per heavy atom. The summed E-state index contributed by atoms with van der Waals surface area (Å²) >= 11 is 11.0. The number of aliphatic hydroxyl groups is 1. The van der Waals surface area contributed by atoms with Crippen LogP contribution in [-0.2, 0) is 0 Å². The van der Waals surface area contributed by atoms with E-state index in [1.54, 1.807) is 11.3 Å². The minimum absolute atomic E-state index is 0.441. The lowest BCUT2D eigenvalue weighted by molar-refractivity contribution is 0.195. The molecule has 90 valence electrons. The van der Waals surface area contributed by atoms with E-state index in [1.807, 2.05) is 35.7 Å². The van der Waals surface area contributed by atoms with Crippen LogP contribution in [-0.4, -0.2) is 11.7 Å². The summed E-state index contributed by atoms with van der Waals surface area (Å²) in [6.07, 6.45) is -0.509. The fourth-order valence-electron chi connectivity index (χ4n) is 1.42. The quantitative estimate of drug-likeness (QED) is 0.874. The normalized spacial score (nSPS) is 12.4. The molecule has 17 heavy (non-hydrogen) atoms. The first-order valence-corrected chi connectivity index (χ1v) is 7.12. The molecule has 1 aromatic heterocycles. The van der Waals surface area contributed by atoms with E-state index in [4.69, 9.17) is 11.6 Å². The standard InChI is InChI=1S/C12H11BrClNOS/c13-8-3-4-9(14)10(6-8)15-7-11(16)12-2-1-5-17-12/h1-6,11,15-16H,7H2. The van der Waals surface area contributed by atoms with E-state index in [0.29, 0.717) is 11.6 Å². The maximum Gasteiger partial charge on any atom is 0.105 e. The number of rotatable bonds is 4. The summed E-state index contributed by atoms with van der Waals surface area (Å²) in [4.78, 5) is 0.948. The molecule has 2 rings (SSSR count). The lowest BCUT2D eigenvalue weighted by Crippen LogP contribution is -2.11. The molecule has 1 atom stereocenters. The number of nitrogens with one attached hydrogen (secondary N) is 1. The SMILES string of the molecule is OC(CNc1cc(Br)ccc1Cl)c1cccs1. The van der Waals surface area contributed by atoms with Gasteiger partial charge in [0.1, 0.15) is 6.10 Å². The van der Waals surface area contributed by atoms with Crippen LogP contribution in [0, 0.1) is 0 Å². The number of aliphatic hydroxyl groups excluding tert-OH is 1. The fourth-order valence-corrected chi connectivity index (χ4v) is 2.68. The van der Waals surface area contributed by atoms with Crippen molar-refractivity contribution in [3.05, 3.63) is 50.1 Å². The van der Waals surface area contributed by atoms with E-state index in [2.05, 4.69) is 21.2 Å². The van der Waals surface area contributed by atoms with E-state index in [-0.39, 0.29) is 0 Å². The van der Waals surface area contributed by atoms with Crippen molar-refractivity contribution >= 4 is 44.6 Å². The van der Waals surface area contributed by atoms with Crippen molar-refractivity contribution in [1.82, 2.24) is 0 Å². The first kappa shape index (κ1) is 12.9. The second-order valence-corrected chi connectivity index (χ2v) is 5.84. The lowest BCUT2D eigenvalue weighted by Gasteiger charge is -2.12. The zero-order valence-electron chi connectivity index (χ0n) is 8.86. The molecule has 0 bridgehead atoms. The molecule has 0 saturated heterocycles. The third-order valence-corrected chi connectivity index (χ3v) is 4.08. The minimum Gasteiger partial charge on any atom is -0.386 e. The van der Waals surface area contributed by atoms with Crippen LogP contribution in [0.25, 0.3) is 0 Å². The molecular weight excluding hydrogens is 322 g/mol. The molecule has 0 amide bonds. The van der Waals surface area contributed by atoms with Crippen molar-refractivity contribution < 1.29 is 5.11 Å². The fraction of sp³-hybridized carbons (Fsp3) is 0.167. The summed E-state index contributed by atoms with van der Waals surface area (Å²) in [5.41, 5.74) is 0.816. The number of thiophene rings is 1. The number of anilines is 1. The maximum absolute atomic E-state index is 9.92. The molecule has 0 aliphatic heterocycles. The number of hydrogen-bond acceptors (Lipinski definition) is 3. The van der Waals surface area contributed by atoms with Crippen LogP contribution in [0.5, 0.6) is 0 Å². The smallest absolute Gasteiger partial charge is 0.105 e. The van der Waals surface area contributed by atoms with Gasteiger partial charge in [-0.1, -0.05) is 33.6 Å². The summed E-state index contributed by atoms with van der Waals surface area (Å²) in [7, 11) is 0. The Kier molecular flexibility index (Phi) is 4.45. The highest BCUT2D eigenvalue weighted by molar-refractivity contribution is 9.10. The van der Waals surface area contributed by atoms with Crippen molar-refractivity contribution in [2.45, 2.75) is 6.10 Å². The van der Waals surface area contributed by atoms with E-state index >= 15 is 0 Å². The zero-order chi connectivity index (χ0) is 12.3. The van der Waals surface area contributed by atoms with Gasteiger partial charge in [-0.05, 0) is 29.6 Å². The lowest BCUT2D eigenvalue weighted by atomic mass is 10.2. The average molecular weight is 333 g/mol. The van der Waals surface area contributed by atoms with Crippen LogP contribution >= 0.6 is 38.9 Å². The van der Waals surface area contributed by atoms with Gasteiger partial charge in [0, 0.05) is 15.9 Å². The van der Waals surface area contributed by atoms with E-state index in [9.17, 15) is 5.11 Å². The van der Waals surface area contributed by atoms with Crippen LogP contribution < -0.4 is 5.32 Å². The largest absolute Gasteiger partial charge is 0.386 e. The Balaban J connectivity index is 2.00. The number of hydrogen-bond donors (Lipinski definition) is 2. The zero-order valence-corrected chi connectivity index (χ0v) is 12.0. The predicted molar refractivity (Wildman–Crippen MR) is 76.9 cm³/mol. The Morgan fingerprint density at radius 1 is 1.41 bits per heavy atom. The molecule has 1 aromatic carbocycles. The van der Waals surface area contributed by atoms with Gasteiger partial charge in [0.2, 0.25) is 0 Å². The molecule has 0 spiro atoms. The van der Waals surface area contributed by atoms with E-state index in [1.165, 1.54) is 0 Å². The Labute approximate surface area is 117 Å². The predicted octanol–water partition coefficient (Wildman–Crippen LogP) is 4.31. The highest BCUT2D eigenvalue weighted by Crippen LogP contribution is 2.27. The number of benzene rings is 1. The monoisotopic (exact) mass is 331 g/mol. The van der Waals surface area contributed by atoms with Gasteiger partial charge < -0.3 is 10.4 Å². The summed E-state index contributed by atoms with van der Waals surface area (Å²) in [6, 6.07) is 9.42. The first-order valence-electron chi connectivity index (χ1n) is 5.07. The van der Waals surface area contributed by atoms with Crippen LogP contribution in [0.15, 0.2) is 40.2 Å². The van der Waals surface area contributed by atoms with Gasteiger partial charge in [-0.2, -0.15) is 0 Å². The van der Waals surface area contributed by atoms with Gasteiger partial charge in [0.25, 0.3) is 0 Å². The highest BCUT2D eigenvalue weighted by Gasteiger charge is 2.09. The maximum atomic E-state index is 9.92. The second kappa shape index (κ2) is 5.87. The van der Waals surface area contributed by atoms with Crippen molar-refractivity contribution in [2.75, 3.05) is 11.9 Å². The van der Waals surface area contributed by atoms with Gasteiger partial charge >= 0.3 is 0 Å². The van der Waals surface area contributed by atoms with Crippen LogP contribution in [0.3, 0.4) is 0 Å². The number of halogens is 2. The van der Waals surface area contributed by atoms with Gasteiger partial charge in [-0.3, -0.25) is 0 Å². The average Bonchev–Trinajstić information content (AvgIpc) is 2.83. The van der Waals surface area contributed by atoms with Crippen molar-refractivity contribution in [3.63, 3.8) is 0 Å². The summed E-state index contributed by atoms with van der Waals surface area (Å²) in [5.74, 6) is 0. The molecule has 2 N–H and O–H groups in total. The summed E-state index contributed by atoms with van der Waals surface area (Å²) in [6.45, 7) is 0.441. The van der Waals surface area contributed by atoms with E-state index < -0.39 is 6.10 Å². The van der Waals surface area contributed by atoms with Crippen molar-refractivity contribution in [1.29, 1.82) is 0 Å². The molecule has 1 unspecified atom stereocenters. The third kappa shape index (κ3) is 3.45. The van der Waals surface area contributed by atoms with Gasteiger partial charge in [-0.15, -0.1) is 11.3 Å². The van der Waals surface area contributed by atoms with Crippen LogP contribution in [0.4, 0.5) is 5.69 Å². The molecule has 0 saturated carbocycles. The van der Waals surface area contributed by atoms with Crippen LogP contribution in [0.2, 0.25) is 5.02 Å². The third-order valence-electron chi connectivity index (χ3n) is 2.29. The van der Waals surface area contributed by atoms with Gasteiger partial charge in [0.15, 0.2) is 0 Å². The molecule has 2 nitrogen and oxygen atoms in total. The highest BCUT2D eigenvalue weighted by atomic mass is 79.9. The molecular formula is C12H11BrClNOS. The van der Waals surface area contributed by atoms with Crippen molar-refractivity contribution in [3.8, 4) is 0 Å².